The molecule has 3 nitrogen and oxygen atoms in total. The summed E-state index contributed by atoms with van der Waals surface area (Å²) in [7, 11) is 4.55. The molecule has 1 N–H and O–H groups in total. The zero-order valence-corrected chi connectivity index (χ0v) is 13.7. The number of nitrogens with one attached hydrogen (secondary N) is 1. The van der Waals surface area contributed by atoms with Crippen molar-refractivity contribution >= 4 is 0 Å². The Bertz CT molecular complexity index is 241. The summed E-state index contributed by atoms with van der Waals surface area (Å²) < 4.78 is 0. The van der Waals surface area contributed by atoms with E-state index in [-0.39, 0.29) is 0 Å². The van der Waals surface area contributed by atoms with Gasteiger partial charge in [-0.15, -0.1) is 0 Å². The van der Waals surface area contributed by atoms with Crippen molar-refractivity contribution in [2.45, 2.75) is 57.4 Å². The molecule has 2 rings (SSSR count). The fourth-order valence-corrected chi connectivity index (χ4v) is 3.72. The number of hydrogen-bond donors (Lipinski definition) is 1. The van der Waals surface area contributed by atoms with Crippen LogP contribution in [0.5, 0.6) is 0 Å². The molecule has 1 aliphatic heterocycles. The summed E-state index contributed by atoms with van der Waals surface area (Å²) >= 11 is 0. The molecule has 2 aliphatic rings. The van der Waals surface area contributed by atoms with Crippen molar-refractivity contribution in [3.63, 3.8) is 0 Å². The van der Waals surface area contributed by atoms with Crippen LogP contribution >= 0.6 is 0 Å². The molecule has 20 heavy (non-hydrogen) atoms. The van der Waals surface area contributed by atoms with Crippen LogP contribution < -0.4 is 5.32 Å². The number of nitrogens with zero attached hydrogens (tertiary/aromatic N) is 2. The highest BCUT2D eigenvalue weighted by Crippen LogP contribution is 2.18. The number of rotatable bonds is 6. The maximum absolute atomic E-state index is 3.79. The molecule has 3 heteroatoms. The van der Waals surface area contributed by atoms with Gasteiger partial charge in [0.05, 0.1) is 0 Å². The van der Waals surface area contributed by atoms with E-state index >= 15 is 0 Å². The molecule has 0 atom stereocenters. The Morgan fingerprint density at radius 3 is 2.30 bits per heavy atom. The second-order valence-electron chi connectivity index (χ2n) is 7.15. The molecule has 0 radical (unpaired) electrons. The van der Waals surface area contributed by atoms with Gasteiger partial charge in [0.1, 0.15) is 0 Å². The highest BCUT2D eigenvalue weighted by molar-refractivity contribution is 4.74. The third kappa shape index (κ3) is 6.11. The number of likely N-dealkylation sites (N-methyl/N-ethyl adjacent to an activating group) is 1. The summed E-state index contributed by atoms with van der Waals surface area (Å²) in [4.78, 5) is 5.00. The van der Waals surface area contributed by atoms with Crippen molar-refractivity contribution in [2.24, 2.45) is 5.92 Å². The van der Waals surface area contributed by atoms with E-state index in [4.69, 9.17) is 0 Å². The lowest BCUT2D eigenvalue weighted by atomic mass is 9.97. The molecule has 0 unspecified atom stereocenters. The zero-order chi connectivity index (χ0) is 14.2. The predicted molar refractivity (Wildman–Crippen MR) is 87.2 cm³/mol. The quantitative estimate of drug-likeness (QED) is 0.755. The molecule has 1 saturated carbocycles. The Morgan fingerprint density at radius 1 is 1.00 bits per heavy atom. The standard InChI is InChI=1S/C17H35N3/c1-19-12-9-16(10-13-19)15-20(2)14-11-18-17-7-5-3-4-6-8-17/h16-18H,3-15H2,1-2H3. The van der Waals surface area contributed by atoms with Gasteiger partial charge in [0.25, 0.3) is 0 Å². The highest BCUT2D eigenvalue weighted by atomic mass is 15.1. The minimum Gasteiger partial charge on any atom is -0.313 e. The van der Waals surface area contributed by atoms with Crippen LogP contribution in [0.1, 0.15) is 51.4 Å². The van der Waals surface area contributed by atoms with Crippen molar-refractivity contribution in [3.05, 3.63) is 0 Å². The normalized spacial score (nSPS) is 24.1. The van der Waals surface area contributed by atoms with Crippen molar-refractivity contribution in [2.75, 3.05) is 46.8 Å². The van der Waals surface area contributed by atoms with Gasteiger partial charge in [0, 0.05) is 25.7 Å². The molecule has 0 aromatic rings. The molecule has 1 saturated heterocycles. The minimum atomic E-state index is 0.800. The van der Waals surface area contributed by atoms with E-state index in [1.54, 1.807) is 0 Å². The Morgan fingerprint density at radius 2 is 1.65 bits per heavy atom. The van der Waals surface area contributed by atoms with E-state index in [2.05, 4.69) is 29.2 Å². The van der Waals surface area contributed by atoms with E-state index in [0.29, 0.717) is 0 Å². The van der Waals surface area contributed by atoms with Crippen molar-refractivity contribution in [1.82, 2.24) is 15.1 Å². The van der Waals surface area contributed by atoms with Crippen LogP contribution in [0.4, 0.5) is 0 Å². The summed E-state index contributed by atoms with van der Waals surface area (Å²) in [6, 6.07) is 0.800. The van der Waals surface area contributed by atoms with Crippen LogP contribution in [0, 0.1) is 5.92 Å². The Balaban J connectivity index is 1.54. The first-order chi connectivity index (χ1) is 9.74. The fourth-order valence-electron chi connectivity index (χ4n) is 3.72. The van der Waals surface area contributed by atoms with Crippen LogP contribution in [-0.4, -0.2) is 62.7 Å². The average Bonchev–Trinajstić information content (AvgIpc) is 2.70. The molecule has 0 amide bonds. The molecule has 1 aliphatic carbocycles. The summed E-state index contributed by atoms with van der Waals surface area (Å²) in [5.41, 5.74) is 0. The van der Waals surface area contributed by atoms with Gasteiger partial charge in [0.2, 0.25) is 0 Å². The lowest BCUT2D eigenvalue weighted by Crippen LogP contribution is -2.39. The molecule has 0 bridgehead atoms. The van der Waals surface area contributed by atoms with Crippen LogP contribution in [0.25, 0.3) is 0 Å². The number of hydrogen-bond acceptors (Lipinski definition) is 3. The maximum atomic E-state index is 3.79. The first-order valence-electron chi connectivity index (χ1n) is 8.84. The number of piperidine rings is 1. The Kier molecular flexibility index (Phi) is 7.32. The molecule has 0 spiro atoms. The van der Waals surface area contributed by atoms with Crippen LogP contribution in [-0.2, 0) is 0 Å². The van der Waals surface area contributed by atoms with Crippen LogP contribution in [0.2, 0.25) is 0 Å². The largest absolute Gasteiger partial charge is 0.313 e. The monoisotopic (exact) mass is 281 g/mol. The van der Waals surface area contributed by atoms with E-state index < -0.39 is 0 Å². The average molecular weight is 281 g/mol. The molecule has 2 fully saturated rings. The second kappa shape index (κ2) is 9.01. The van der Waals surface area contributed by atoms with E-state index in [1.165, 1.54) is 84.1 Å². The second-order valence-corrected chi connectivity index (χ2v) is 7.15. The Hall–Kier alpha value is -0.120. The maximum Gasteiger partial charge on any atom is 0.0104 e. The molecular formula is C17H35N3. The van der Waals surface area contributed by atoms with Gasteiger partial charge in [-0.05, 0) is 58.8 Å². The molecule has 0 aromatic carbocycles. The van der Waals surface area contributed by atoms with Gasteiger partial charge in [-0.2, -0.15) is 0 Å². The Labute approximate surface area is 126 Å². The van der Waals surface area contributed by atoms with Gasteiger partial charge in [-0.25, -0.2) is 0 Å². The molecule has 118 valence electrons. The first kappa shape index (κ1) is 16.3. The fraction of sp³-hybridized carbons (Fsp3) is 1.00. The van der Waals surface area contributed by atoms with Crippen LogP contribution in [0.3, 0.4) is 0 Å². The van der Waals surface area contributed by atoms with Gasteiger partial charge >= 0.3 is 0 Å². The summed E-state index contributed by atoms with van der Waals surface area (Å²) in [6.07, 6.45) is 11.3. The van der Waals surface area contributed by atoms with Gasteiger partial charge < -0.3 is 15.1 Å². The van der Waals surface area contributed by atoms with Crippen molar-refractivity contribution in [1.29, 1.82) is 0 Å². The third-order valence-corrected chi connectivity index (χ3v) is 5.19. The van der Waals surface area contributed by atoms with Gasteiger partial charge in [-0.1, -0.05) is 25.7 Å². The molecule has 0 aromatic heterocycles. The van der Waals surface area contributed by atoms with E-state index in [9.17, 15) is 0 Å². The topological polar surface area (TPSA) is 18.5 Å². The lowest BCUT2D eigenvalue weighted by Gasteiger charge is -2.31. The van der Waals surface area contributed by atoms with E-state index in [1.807, 2.05) is 0 Å². The smallest absolute Gasteiger partial charge is 0.0104 e. The minimum absolute atomic E-state index is 0.800. The van der Waals surface area contributed by atoms with E-state index in [0.717, 1.165) is 12.0 Å². The predicted octanol–water partition coefficient (Wildman–Crippen LogP) is 2.57. The third-order valence-electron chi connectivity index (χ3n) is 5.19. The van der Waals surface area contributed by atoms with Crippen molar-refractivity contribution < 1.29 is 0 Å². The lowest BCUT2D eigenvalue weighted by molar-refractivity contribution is 0.175. The van der Waals surface area contributed by atoms with Crippen LogP contribution in [0.15, 0.2) is 0 Å². The highest BCUT2D eigenvalue weighted by Gasteiger charge is 2.18. The SMILES string of the molecule is CN1CCC(CN(C)CCNC2CCCCCC2)CC1. The van der Waals surface area contributed by atoms with Gasteiger partial charge in [-0.3, -0.25) is 0 Å². The number of likely N-dealkylation sites (tertiary alicyclic amines) is 1. The molecular weight excluding hydrogens is 246 g/mol. The summed E-state index contributed by atoms with van der Waals surface area (Å²) in [5, 5.41) is 3.79. The zero-order valence-electron chi connectivity index (χ0n) is 13.7. The summed E-state index contributed by atoms with van der Waals surface area (Å²) in [5.74, 6) is 0.925. The van der Waals surface area contributed by atoms with Gasteiger partial charge in [0.15, 0.2) is 0 Å². The van der Waals surface area contributed by atoms with Crippen molar-refractivity contribution in [3.8, 4) is 0 Å². The molecule has 1 heterocycles. The first-order valence-corrected chi connectivity index (χ1v) is 8.84. The summed E-state index contributed by atoms with van der Waals surface area (Å²) in [6.45, 7) is 6.26.